The highest BCUT2D eigenvalue weighted by atomic mass is 35.5. The first-order valence-corrected chi connectivity index (χ1v) is 8.12. The molecule has 0 aliphatic carbocycles. The zero-order valence-electron chi connectivity index (χ0n) is 10.3. The third-order valence-corrected chi connectivity index (χ3v) is 4.51. The van der Waals surface area contributed by atoms with E-state index in [2.05, 4.69) is 4.72 Å². The van der Waals surface area contributed by atoms with Gasteiger partial charge in [-0.15, -0.1) is 0 Å². The quantitative estimate of drug-likeness (QED) is 0.885. The molecule has 2 aromatic carbocycles. The molecule has 21 heavy (non-hydrogen) atoms. The first kappa shape index (κ1) is 15.9. The van der Waals surface area contributed by atoms with Crippen molar-refractivity contribution in [1.29, 1.82) is 5.26 Å². The molecule has 0 aliphatic rings. The number of sulfonamides is 1. The Balaban J connectivity index is 2.47. The van der Waals surface area contributed by atoms with Gasteiger partial charge in [0, 0.05) is 15.1 Å². The van der Waals surface area contributed by atoms with Crippen molar-refractivity contribution in [1.82, 2.24) is 0 Å². The zero-order valence-corrected chi connectivity index (χ0v) is 13.4. The molecule has 0 saturated carbocycles. The van der Waals surface area contributed by atoms with Gasteiger partial charge < -0.3 is 0 Å². The monoisotopic (exact) mass is 360 g/mol. The molecule has 4 nitrogen and oxygen atoms in total. The molecule has 2 aromatic rings. The largest absolute Gasteiger partial charge is 0.278 e. The van der Waals surface area contributed by atoms with E-state index in [0.717, 1.165) is 0 Å². The second-order valence-electron chi connectivity index (χ2n) is 4.01. The second kappa shape index (κ2) is 6.12. The normalized spacial score (nSPS) is 11.0. The summed E-state index contributed by atoms with van der Waals surface area (Å²) >= 11 is 17.4. The highest BCUT2D eigenvalue weighted by Crippen LogP contribution is 2.26. The van der Waals surface area contributed by atoms with Crippen LogP contribution in [0.3, 0.4) is 0 Å². The molecule has 0 amide bonds. The fraction of sp³-hybridized carbons (Fsp3) is 0. The molecule has 0 atom stereocenters. The number of halogens is 3. The summed E-state index contributed by atoms with van der Waals surface area (Å²) in [6, 6.07) is 10.1. The summed E-state index contributed by atoms with van der Waals surface area (Å²) in [7, 11) is -3.94. The van der Waals surface area contributed by atoms with Crippen LogP contribution in [-0.4, -0.2) is 8.42 Å². The fourth-order valence-corrected chi connectivity index (χ4v) is 3.55. The molecule has 0 heterocycles. The van der Waals surface area contributed by atoms with Crippen molar-refractivity contribution >= 4 is 50.5 Å². The molecular weight excluding hydrogens is 355 g/mol. The topological polar surface area (TPSA) is 70.0 Å². The summed E-state index contributed by atoms with van der Waals surface area (Å²) in [6.45, 7) is 0. The lowest BCUT2D eigenvalue weighted by Crippen LogP contribution is -2.14. The van der Waals surface area contributed by atoms with Gasteiger partial charge in [-0.05, 0) is 36.4 Å². The Morgan fingerprint density at radius 2 is 1.57 bits per heavy atom. The van der Waals surface area contributed by atoms with Crippen molar-refractivity contribution in [2.75, 3.05) is 4.72 Å². The number of hydrogen-bond donors (Lipinski definition) is 1. The lowest BCUT2D eigenvalue weighted by atomic mass is 10.2. The highest BCUT2D eigenvalue weighted by molar-refractivity contribution is 7.92. The van der Waals surface area contributed by atoms with Gasteiger partial charge in [-0.2, -0.15) is 5.26 Å². The van der Waals surface area contributed by atoms with E-state index >= 15 is 0 Å². The van der Waals surface area contributed by atoms with Crippen LogP contribution in [0.2, 0.25) is 15.1 Å². The van der Waals surface area contributed by atoms with E-state index in [1.54, 1.807) is 0 Å². The predicted molar refractivity (Wildman–Crippen MR) is 83.4 cm³/mol. The van der Waals surface area contributed by atoms with E-state index in [1.807, 2.05) is 6.07 Å². The molecule has 0 aliphatic heterocycles. The van der Waals surface area contributed by atoms with Gasteiger partial charge in [0.2, 0.25) is 0 Å². The van der Waals surface area contributed by atoms with Crippen molar-refractivity contribution in [3.63, 3.8) is 0 Å². The average Bonchev–Trinajstić information content (AvgIpc) is 2.37. The number of hydrogen-bond acceptors (Lipinski definition) is 3. The van der Waals surface area contributed by atoms with Crippen molar-refractivity contribution < 1.29 is 8.42 Å². The minimum atomic E-state index is -3.94. The van der Waals surface area contributed by atoms with Crippen molar-refractivity contribution in [3.8, 4) is 6.07 Å². The summed E-state index contributed by atoms with van der Waals surface area (Å²) in [5.74, 6) is 0. The van der Waals surface area contributed by atoms with Gasteiger partial charge in [-0.3, -0.25) is 4.72 Å². The van der Waals surface area contributed by atoms with Crippen LogP contribution < -0.4 is 4.72 Å². The minimum Gasteiger partial charge on any atom is -0.278 e. The molecule has 0 unspecified atom stereocenters. The standard InChI is InChI=1S/C13H7Cl3N2O2S/c14-9-2-1-8(7-17)13(6-9)18-21(19,20)12-4-10(15)3-11(16)5-12/h1-6,18H. The third kappa shape index (κ3) is 3.80. The molecule has 2 rings (SSSR count). The Hall–Kier alpha value is -1.45. The van der Waals surface area contributed by atoms with E-state index in [0.29, 0.717) is 5.02 Å². The van der Waals surface area contributed by atoms with Crippen LogP contribution >= 0.6 is 34.8 Å². The molecule has 1 N–H and O–H groups in total. The number of nitrogens with one attached hydrogen (secondary N) is 1. The van der Waals surface area contributed by atoms with Gasteiger partial charge in [0.05, 0.1) is 16.1 Å². The van der Waals surface area contributed by atoms with E-state index in [4.69, 9.17) is 40.1 Å². The van der Waals surface area contributed by atoms with Gasteiger partial charge in [0.25, 0.3) is 10.0 Å². The molecule has 0 aromatic heterocycles. The summed E-state index contributed by atoms with van der Waals surface area (Å²) in [6.07, 6.45) is 0. The molecule has 108 valence electrons. The first-order valence-electron chi connectivity index (χ1n) is 5.50. The van der Waals surface area contributed by atoms with Gasteiger partial charge in [0.15, 0.2) is 0 Å². The molecule has 0 spiro atoms. The van der Waals surface area contributed by atoms with Gasteiger partial charge >= 0.3 is 0 Å². The Labute approximate surface area is 136 Å². The number of rotatable bonds is 3. The maximum atomic E-state index is 12.3. The Bertz CT molecular complexity index is 825. The molecule has 0 bridgehead atoms. The first-order chi connectivity index (χ1) is 9.81. The summed E-state index contributed by atoms with van der Waals surface area (Å²) < 4.78 is 26.9. The van der Waals surface area contributed by atoms with Gasteiger partial charge in [-0.25, -0.2) is 8.42 Å². The number of nitrogens with zero attached hydrogens (tertiary/aromatic N) is 1. The van der Waals surface area contributed by atoms with E-state index in [9.17, 15) is 8.42 Å². The predicted octanol–water partition coefficient (Wildman–Crippen LogP) is 4.32. The fourth-order valence-electron chi connectivity index (χ4n) is 1.59. The maximum absolute atomic E-state index is 12.3. The van der Waals surface area contributed by atoms with E-state index in [1.165, 1.54) is 36.4 Å². The molecule has 8 heteroatoms. The van der Waals surface area contributed by atoms with Crippen molar-refractivity contribution in [3.05, 3.63) is 57.0 Å². The van der Waals surface area contributed by atoms with Crippen LogP contribution in [0.15, 0.2) is 41.3 Å². The lowest BCUT2D eigenvalue weighted by Gasteiger charge is -2.10. The molecule has 0 radical (unpaired) electrons. The third-order valence-electron chi connectivity index (χ3n) is 2.49. The smallest absolute Gasteiger partial charge is 0.262 e. The highest BCUT2D eigenvalue weighted by Gasteiger charge is 2.17. The Morgan fingerprint density at radius 3 is 2.14 bits per heavy atom. The molecule has 0 fully saturated rings. The minimum absolute atomic E-state index is 0.0843. The van der Waals surface area contributed by atoms with E-state index < -0.39 is 10.0 Å². The van der Waals surface area contributed by atoms with Crippen molar-refractivity contribution in [2.45, 2.75) is 4.90 Å². The average molecular weight is 362 g/mol. The van der Waals surface area contributed by atoms with Crippen LogP contribution in [-0.2, 0) is 10.0 Å². The summed E-state index contributed by atoms with van der Waals surface area (Å²) in [5, 5.41) is 9.68. The van der Waals surface area contributed by atoms with Crippen LogP contribution in [0.1, 0.15) is 5.56 Å². The number of anilines is 1. The van der Waals surface area contributed by atoms with Gasteiger partial charge in [-0.1, -0.05) is 34.8 Å². The van der Waals surface area contributed by atoms with Crippen LogP contribution in [0, 0.1) is 11.3 Å². The van der Waals surface area contributed by atoms with Crippen molar-refractivity contribution in [2.24, 2.45) is 0 Å². The lowest BCUT2D eigenvalue weighted by molar-refractivity contribution is 0.601. The SMILES string of the molecule is N#Cc1ccc(Cl)cc1NS(=O)(=O)c1cc(Cl)cc(Cl)c1. The Kier molecular flexibility index (Phi) is 4.64. The number of benzene rings is 2. The molecular formula is C13H7Cl3N2O2S. The van der Waals surface area contributed by atoms with Crippen LogP contribution in [0.25, 0.3) is 0 Å². The van der Waals surface area contributed by atoms with Crippen LogP contribution in [0.4, 0.5) is 5.69 Å². The zero-order chi connectivity index (χ0) is 15.6. The second-order valence-corrected chi connectivity index (χ2v) is 7.00. The number of nitriles is 1. The summed E-state index contributed by atoms with van der Waals surface area (Å²) in [5.41, 5.74) is 0.234. The maximum Gasteiger partial charge on any atom is 0.262 e. The summed E-state index contributed by atoms with van der Waals surface area (Å²) in [4.78, 5) is -0.108. The van der Waals surface area contributed by atoms with Crippen LogP contribution in [0.5, 0.6) is 0 Å². The Morgan fingerprint density at radius 1 is 0.952 bits per heavy atom. The van der Waals surface area contributed by atoms with E-state index in [-0.39, 0.29) is 26.2 Å². The van der Waals surface area contributed by atoms with Gasteiger partial charge in [0.1, 0.15) is 6.07 Å². The molecule has 0 saturated heterocycles.